The molecule has 0 aromatic heterocycles. The third-order valence-corrected chi connectivity index (χ3v) is 3.35. The van der Waals surface area contributed by atoms with Crippen LogP contribution in [-0.4, -0.2) is 29.3 Å². The topological polar surface area (TPSA) is 58.6 Å². The van der Waals surface area contributed by atoms with Gasteiger partial charge in [-0.1, -0.05) is 6.07 Å². The number of nitrogens with one attached hydrogen (secondary N) is 1. The molecule has 1 saturated carbocycles. The van der Waals surface area contributed by atoms with E-state index in [1.807, 2.05) is 6.07 Å². The second-order valence-corrected chi connectivity index (χ2v) is 4.63. The Morgan fingerprint density at radius 2 is 2.31 bits per heavy atom. The van der Waals surface area contributed by atoms with E-state index in [0.29, 0.717) is 11.7 Å². The maximum atomic E-state index is 10.8. The van der Waals surface area contributed by atoms with Crippen molar-refractivity contribution in [3.8, 4) is 0 Å². The van der Waals surface area contributed by atoms with Crippen LogP contribution < -0.4 is 5.32 Å². The van der Waals surface area contributed by atoms with Gasteiger partial charge in [-0.15, -0.1) is 0 Å². The SMILES string of the molecule is O=C(O)c1cccc(NC23COC(C2)C3)c1. The van der Waals surface area contributed by atoms with Crippen molar-refractivity contribution < 1.29 is 14.6 Å². The molecule has 0 amide bonds. The van der Waals surface area contributed by atoms with E-state index in [9.17, 15) is 4.79 Å². The molecule has 2 N–H and O–H groups in total. The Morgan fingerprint density at radius 1 is 1.50 bits per heavy atom. The summed E-state index contributed by atoms with van der Waals surface area (Å²) in [6.07, 6.45) is 2.48. The molecule has 2 aliphatic heterocycles. The third kappa shape index (κ3) is 1.46. The van der Waals surface area contributed by atoms with Gasteiger partial charge in [0.1, 0.15) is 0 Å². The molecule has 0 unspecified atom stereocenters. The highest BCUT2D eigenvalue weighted by atomic mass is 16.5. The third-order valence-electron chi connectivity index (χ3n) is 3.35. The average Bonchev–Trinajstić information content (AvgIpc) is 2.77. The summed E-state index contributed by atoms with van der Waals surface area (Å²) >= 11 is 0. The van der Waals surface area contributed by atoms with Gasteiger partial charge in [0.05, 0.1) is 23.8 Å². The van der Waals surface area contributed by atoms with E-state index in [0.717, 1.165) is 25.1 Å². The smallest absolute Gasteiger partial charge is 0.335 e. The molecule has 4 heteroatoms. The molecular weight excluding hydrogens is 206 g/mol. The van der Waals surface area contributed by atoms with Crippen molar-refractivity contribution in [2.24, 2.45) is 0 Å². The standard InChI is InChI=1S/C12H13NO3/c14-11(15)8-2-1-3-9(4-8)13-12-5-10(6-12)16-7-12/h1-4,10,13H,5-7H2,(H,14,15). The first-order chi connectivity index (χ1) is 7.67. The predicted octanol–water partition coefficient (Wildman–Crippen LogP) is 1.73. The maximum absolute atomic E-state index is 10.8. The molecule has 0 radical (unpaired) electrons. The van der Waals surface area contributed by atoms with E-state index in [-0.39, 0.29) is 5.54 Å². The number of carbonyl (C=O) groups is 1. The monoisotopic (exact) mass is 219 g/mol. The lowest BCUT2D eigenvalue weighted by Crippen LogP contribution is -2.47. The zero-order valence-electron chi connectivity index (χ0n) is 8.77. The van der Waals surface area contributed by atoms with Crippen LogP contribution in [0.4, 0.5) is 5.69 Å². The Balaban J connectivity index is 1.79. The molecule has 2 heterocycles. The highest BCUT2D eigenvalue weighted by Gasteiger charge is 2.51. The number of carboxylic acids is 1. The van der Waals surface area contributed by atoms with E-state index in [4.69, 9.17) is 9.84 Å². The fraction of sp³-hybridized carbons (Fsp3) is 0.417. The van der Waals surface area contributed by atoms with Crippen molar-refractivity contribution in [2.75, 3.05) is 11.9 Å². The van der Waals surface area contributed by atoms with Crippen molar-refractivity contribution in [1.29, 1.82) is 0 Å². The van der Waals surface area contributed by atoms with E-state index in [1.54, 1.807) is 18.2 Å². The second-order valence-electron chi connectivity index (χ2n) is 4.63. The lowest BCUT2D eigenvalue weighted by Gasteiger charge is -2.37. The number of carboxylic acid groups (broad SMARTS) is 1. The van der Waals surface area contributed by atoms with Gasteiger partial charge in [0.25, 0.3) is 0 Å². The number of anilines is 1. The number of ether oxygens (including phenoxy) is 1. The van der Waals surface area contributed by atoms with Crippen LogP contribution >= 0.6 is 0 Å². The Hall–Kier alpha value is -1.55. The molecule has 1 aromatic carbocycles. The van der Waals surface area contributed by atoms with Gasteiger partial charge in [-0.05, 0) is 31.0 Å². The normalized spacial score (nSPS) is 30.9. The van der Waals surface area contributed by atoms with E-state index in [1.165, 1.54) is 0 Å². The summed E-state index contributed by atoms with van der Waals surface area (Å²) < 4.78 is 5.50. The summed E-state index contributed by atoms with van der Waals surface area (Å²) in [5.41, 5.74) is 1.24. The summed E-state index contributed by atoms with van der Waals surface area (Å²) in [6, 6.07) is 6.92. The molecule has 0 spiro atoms. The maximum Gasteiger partial charge on any atom is 0.335 e. The van der Waals surface area contributed by atoms with Gasteiger partial charge in [0.2, 0.25) is 0 Å². The minimum atomic E-state index is -0.893. The lowest BCUT2D eigenvalue weighted by molar-refractivity contribution is 0.0697. The zero-order chi connectivity index (χ0) is 11.2. The summed E-state index contributed by atoms with van der Waals surface area (Å²) in [5, 5.41) is 12.3. The summed E-state index contributed by atoms with van der Waals surface area (Å²) in [5.74, 6) is -0.893. The quantitative estimate of drug-likeness (QED) is 0.812. The Morgan fingerprint density at radius 3 is 2.94 bits per heavy atom. The lowest BCUT2D eigenvalue weighted by atomic mass is 9.78. The number of benzene rings is 1. The van der Waals surface area contributed by atoms with Crippen molar-refractivity contribution in [2.45, 2.75) is 24.5 Å². The van der Waals surface area contributed by atoms with Crippen molar-refractivity contribution >= 4 is 11.7 Å². The van der Waals surface area contributed by atoms with Crippen LogP contribution in [0.5, 0.6) is 0 Å². The molecule has 1 aliphatic carbocycles. The highest BCUT2D eigenvalue weighted by molar-refractivity contribution is 5.88. The molecule has 4 nitrogen and oxygen atoms in total. The summed E-state index contributed by atoms with van der Waals surface area (Å²) in [7, 11) is 0. The van der Waals surface area contributed by atoms with Crippen LogP contribution in [0.25, 0.3) is 0 Å². The zero-order valence-corrected chi connectivity index (χ0v) is 8.77. The fourth-order valence-electron chi connectivity index (χ4n) is 2.50. The predicted molar refractivity (Wildman–Crippen MR) is 58.7 cm³/mol. The van der Waals surface area contributed by atoms with E-state index >= 15 is 0 Å². The van der Waals surface area contributed by atoms with Crippen molar-refractivity contribution in [3.63, 3.8) is 0 Å². The van der Waals surface area contributed by atoms with Gasteiger partial charge in [0, 0.05) is 5.69 Å². The first-order valence-corrected chi connectivity index (χ1v) is 5.40. The molecule has 2 saturated heterocycles. The minimum Gasteiger partial charge on any atom is -0.478 e. The van der Waals surface area contributed by atoms with Gasteiger partial charge >= 0.3 is 5.97 Å². The molecule has 1 aromatic rings. The number of hydrogen-bond donors (Lipinski definition) is 2. The number of rotatable bonds is 3. The molecule has 3 fully saturated rings. The van der Waals surface area contributed by atoms with Gasteiger partial charge in [-0.2, -0.15) is 0 Å². The fourth-order valence-corrected chi connectivity index (χ4v) is 2.50. The van der Waals surface area contributed by atoms with Crippen LogP contribution in [0, 0.1) is 0 Å². The van der Waals surface area contributed by atoms with Crippen LogP contribution in [0.1, 0.15) is 23.2 Å². The number of hydrogen-bond acceptors (Lipinski definition) is 3. The van der Waals surface area contributed by atoms with Crippen LogP contribution in [-0.2, 0) is 4.74 Å². The number of fused-ring (bicyclic) bond motifs is 1. The Bertz CT molecular complexity index is 432. The average molecular weight is 219 g/mol. The van der Waals surface area contributed by atoms with Crippen LogP contribution in [0.3, 0.4) is 0 Å². The Kier molecular flexibility index (Phi) is 1.94. The molecule has 0 atom stereocenters. The van der Waals surface area contributed by atoms with E-state index < -0.39 is 5.97 Å². The summed E-state index contributed by atoms with van der Waals surface area (Å²) in [4.78, 5) is 10.8. The number of aromatic carboxylic acids is 1. The van der Waals surface area contributed by atoms with Gasteiger partial charge in [0.15, 0.2) is 0 Å². The van der Waals surface area contributed by atoms with E-state index in [2.05, 4.69) is 5.32 Å². The molecular formula is C12H13NO3. The second kappa shape index (κ2) is 3.22. The minimum absolute atomic E-state index is 0.0573. The molecule has 3 aliphatic rings. The van der Waals surface area contributed by atoms with Crippen LogP contribution in [0.15, 0.2) is 24.3 Å². The van der Waals surface area contributed by atoms with Gasteiger partial charge in [-0.3, -0.25) is 0 Å². The molecule has 84 valence electrons. The van der Waals surface area contributed by atoms with Crippen molar-refractivity contribution in [3.05, 3.63) is 29.8 Å². The molecule has 16 heavy (non-hydrogen) atoms. The van der Waals surface area contributed by atoms with Gasteiger partial charge < -0.3 is 15.2 Å². The van der Waals surface area contributed by atoms with Crippen LogP contribution in [0.2, 0.25) is 0 Å². The molecule has 4 rings (SSSR count). The highest BCUT2D eigenvalue weighted by Crippen LogP contribution is 2.44. The Labute approximate surface area is 93.2 Å². The summed E-state index contributed by atoms with van der Waals surface area (Å²) in [6.45, 7) is 0.731. The first kappa shape index (κ1) is 9.66. The largest absolute Gasteiger partial charge is 0.478 e. The van der Waals surface area contributed by atoms with Gasteiger partial charge in [-0.25, -0.2) is 4.79 Å². The first-order valence-electron chi connectivity index (χ1n) is 5.40. The molecule has 2 bridgehead atoms. The van der Waals surface area contributed by atoms with Crippen molar-refractivity contribution in [1.82, 2.24) is 0 Å².